The lowest BCUT2D eigenvalue weighted by molar-refractivity contribution is -0.127. The Morgan fingerprint density at radius 1 is 1.04 bits per heavy atom. The van der Waals surface area contributed by atoms with E-state index in [1.807, 2.05) is 24.3 Å². The number of hydrogen-bond acceptors (Lipinski definition) is 4. The summed E-state index contributed by atoms with van der Waals surface area (Å²) in [6.07, 6.45) is -0.628. The quantitative estimate of drug-likeness (QED) is 0.638. The van der Waals surface area contributed by atoms with Crippen LogP contribution in [-0.2, 0) is 4.79 Å². The number of ether oxygens (including phenoxy) is 1. The van der Waals surface area contributed by atoms with Gasteiger partial charge in [0.2, 0.25) is 0 Å². The van der Waals surface area contributed by atoms with Crippen molar-refractivity contribution in [2.75, 3.05) is 13.1 Å². The number of hydrogen-bond donors (Lipinski definition) is 2. The van der Waals surface area contributed by atoms with E-state index in [1.165, 1.54) is 5.56 Å². The third kappa shape index (κ3) is 5.91. The van der Waals surface area contributed by atoms with Gasteiger partial charge in [-0.2, -0.15) is 0 Å². The number of carbonyl (C=O) groups is 2. The van der Waals surface area contributed by atoms with Crippen LogP contribution >= 0.6 is 15.9 Å². The first-order chi connectivity index (χ1) is 12.4. The van der Waals surface area contributed by atoms with Crippen molar-refractivity contribution in [2.24, 2.45) is 0 Å². The number of benzene rings is 1. The van der Waals surface area contributed by atoms with Gasteiger partial charge in [-0.15, -0.1) is 0 Å². The molecule has 0 bridgehead atoms. The molecule has 0 saturated heterocycles. The van der Waals surface area contributed by atoms with Crippen LogP contribution in [0, 0.1) is 0 Å². The lowest BCUT2D eigenvalue weighted by atomic mass is 10.0. The number of halogens is 1. The molecule has 2 rings (SSSR count). The van der Waals surface area contributed by atoms with Crippen molar-refractivity contribution in [1.82, 2.24) is 10.6 Å². The van der Waals surface area contributed by atoms with E-state index in [9.17, 15) is 9.59 Å². The van der Waals surface area contributed by atoms with E-state index in [4.69, 9.17) is 9.15 Å². The number of amides is 2. The van der Waals surface area contributed by atoms with Crippen LogP contribution in [-0.4, -0.2) is 31.0 Å². The molecule has 0 aliphatic rings. The van der Waals surface area contributed by atoms with Crippen molar-refractivity contribution >= 4 is 27.7 Å². The highest BCUT2D eigenvalue weighted by Gasteiger charge is 2.15. The summed E-state index contributed by atoms with van der Waals surface area (Å²) in [5, 5.41) is 5.39. The lowest BCUT2D eigenvalue weighted by Gasteiger charge is -2.15. The Balaban J connectivity index is 1.70. The van der Waals surface area contributed by atoms with E-state index in [1.54, 1.807) is 19.1 Å². The zero-order chi connectivity index (χ0) is 19.1. The monoisotopic (exact) mass is 422 g/mol. The zero-order valence-corrected chi connectivity index (χ0v) is 16.6. The van der Waals surface area contributed by atoms with Crippen molar-refractivity contribution in [3.8, 4) is 5.75 Å². The molecule has 2 aromatic rings. The van der Waals surface area contributed by atoms with Gasteiger partial charge in [0.05, 0.1) is 0 Å². The molecule has 0 aliphatic heterocycles. The molecule has 0 spiro atoms. The van der Waals surface area contributed by atoms with Crippen molar-refractivity contribution in [2.45, 2.75) is 32.8 Å². The second-order valence-corrected chi connectivity index (χ2v) is 6.92. The number of carbonyl (C=O) groups excluding carboxylic acids is 2. The van der Waals surface area contributed by atoms with Crippen molar-refractivity contribution in [3.63, 3.8) is 0 Å². The highest BCUT2D eigenvalue weighted by Crippen LogP contribution is 2.19. The molecule has 6 nitrogen and oxygen atoms in total. The van der Waals surface area contributed by atoms with Crippen molar-refractivity contribution in [1.29, 1.82) is 0 Å². The summed E-state index contributed by atoms with van der Waals surface area (Å²) in [6.45, 7) is 6.51. The fraction of sp³-hybridized carbons (Fsp3) is 0.368. The van der Waals surface area contributed by atoms with Crippen LogP contribution in [0.2, 0.25) is 0 Å². The second kappa shape index (κ2) is 9.43. The third-order valence-electron chi connectivity index (χ3n) is 3.74. The summed E-state index contributed by atoms with van der Waals surface area (Å²) in [6, 6.07) is 10.9. The molecule has 1 unspecified atom stereocenters. The molecule has 26 heavy (non-hydrogen) atoms. The smallest absolute Gasteiger partial charge is 0.287 e. The van der Waals surface area contributed by atoms with Crippen molar-refractivity contribution < 1.29 is 18.7 Å². The molecule has 0 fully saturated rings. The Hall–Kier alpha value is -2.28. The minimum absolute atomic E-state index is 0.213. The molecule has 140 valence electrons. The van der Waals surface area contributed by atoms with Crippen LogP contribution in [0.5, 0.6) is 5.75 Å². The molecule has 1 aromatic heterocycles. The molecule has 0 aliphatic carbocycles. The van der Waals surface area contributed by atoms with E-state index in [0.717, 1.165) is 0 Å². The largest absolute Gasteiger partial charge is 0.481 e. The molecule has 1 heterocycles. The molecule has 2 amide bonds. The average Bonchev–Trinajstić information content (AvgIpc) is 3.05. The van der Waals surface area contributed by atoms with Crippen LogP contribution in [0.1, 0.15) is 42.8 Å². The molecular weight excluding hydrogens is 400 g/mol. The highest BCUT2D eigenvalue weighted by molar-refractivity contribution is 9.10. The number of furan rings is 1. The van der Waals surface area contributed by atoms with Gasteiger partial charge in [-0.1, -0.05) is 26.0 Å². The minimum Gasteiger partial charge on any atom is -0.481 e. The first-order valence-electron chi connectivity index (χ1n) is 8.44. The van der Waals surface area contributed by atoms with E-state index in [-0.39, 0.29) is 17.6 Å². The van der Waals surface area contributed by atoms with Crippen LogP contribution in [0.4, 0.5) is 0 Å². The number of rotatable bonds is 8. The van der Waals surface area contributed by atoms with Gasteiger partial charge in [0.25, 0.3) is 11.8 Å². The maximum absolute atomic E-state index is 12.1. The standard InChI is InChI=1S/C19H23BrN2O4/c1-12(2)14-4-6-15(7-5-14)25-13(3)18(23)21-10-11-22-19(24)16-8-9-17(20)26-16/h4-9,12-13H,10-11H2,1-3H3,(H,21,23)(H,22,24). The lowest BCUT2D eigenvalue weighted by Crippen LogP contribution is -2.40. The normalized spacial score (nSPS) is 11.9. The Morgan fingerprint density at radius 2 is 1.69 bits per heavy atom. The van der Waals surface area contributed by atoms with Gasteiger partial charge in [0, 0.05) is 13.1 Å². The van der Waals surface area contributed by atoms with Gasteiger partial charge in [-0.3, -0.25) is 9.59 Å². The molecule has 0 radical (unpaired) electrons. The van der Waals surface area contributed by atoms with E-state index >= 15 is 0 Å². The summed E-state index contributed by atoms with van der Waals surface area (Å²) in [7, 11) is 0. The maximum atomic E-state index is 12.1. The predicted molar refractivity (Wildman–Crippen MR) is 102 cm³/mol. The first-order valence-corrected chi connectivity index (χ1v) is 9.24. The summed E-state index contributed by atoms with van der Waals surface area (Å²) in [4.78, 5) is 23.9. The number of nitrogens with one attached hydrogen (secondary N) is 2. The molecule has 2 N–H and O–H groups in total. The van der Waals surface area contributed by atoms with Gasteiger partial charge >= 0.3 is 0 Å². The Kier molecular flexibility index (Phi) is 7.26. The minimum atomic E-state index is -0.628. The Labute approximate surface area is 161 Å². The fourth-order valence-corrected chi connectivity index (χ4v) is 2.52. The SMILES string of the molecule is CC(Oc1ccc(C(C)C)cc1)C(=O)NCCNC(=O)c1ccc(Br)o1. The molecule has 7 heteroatoms. The molecule has 1 atom stereocenters. The van der Waals surface area contributed by atoms with Crippen LogP contribution in [0.15, 0.2) is 45.5 Å². The van der Waals surface area contributed by atoms with E-state index < -0.39 is 6.10 Å². The third-order valence-corrected chi connectivity index (χ3v) is 4.16. The van der Waals surface area contributed by atoms with Crippen molar-refractivity contribution in [3.05, 3.63) is 52.4 Å². The highest BCUT2D eigenvalue weighted by atomic mass is 79.9. The summed E-state index contributed by atoms with van der Waals surface area (Å²) in [5.41, 5.74) is 1.22. The maximum Gasteiger partial charge on any atom is 0.287 e. The van der Waals surface area contributed by atoms with Crippen LogP contribution < -0.4 is 15.4 Å². The molecule has 1 aromatic carbocycles. The summed E-state index contributed by atoms with van der Waals surface area (Å²) >= 11 is 3.14. The van der Waals surface area contributed by atoms with Gasteiger partial charge < -0.3 is 19.8 Å². The fourth-order valence-electron chi connectivity index (χ4n) is 2.22. The van der Waals surface area contributed by atoms with E-state index in [0.29, 0.717) is 29.4 Å². The predicted octanol–water partition coefficient (Wildman–Crippen LogP) is 3.48. The van der Waals surface area contributed by atoms with E-state index in [2.05, 4.69) is 40.4 Å². The van der Waals surface area contributed by atoms with Gasteiger partial charge in [-0.05, 0) is 58.6 Å². The van der Waals surface area contributed by atoms with Crippen LogP contribution in [0.3, 0.4) is 0 Å². The summed E-state index contributed by atoms with van der Waals surface area (Å²) in [5.74, 6) is 0.730. The zero-order valence-electron chi connectivity index (χ0n) is 15.0. The topological polar surface area (TPSA) is 80.6 Å². The first kappa shape index (κ1) is 20.0. The van der Waals surface area contributed by atoms with Gasteiger partial charge in [-0.25, -0.2) is 0 Å². The second-order valence-electron chi connectivity index (χ2n) is 6.13. The average molecular weight is 423 g/mol. The summed E-state index contributed by atoms with van der Waals surface area (Å²) < 4.78 is 11.3. The Morgan fingerprint density at radius 3 is 2.27 bits per heavy atom. The van der Waals surface area contributed by atoms with Gasteiger partial charge in [0.1, 0.15) is 5.75 Å². The van der Waals surface area contributed by atoms with Gasteiger partial charge in [0.15, 0.2) is 16.5 Å². The van der Waals surface area contributed by atoms with Crippen LogP contribution in [0.25, 0.3) is 0 Å². The Bertz CT molecular complexity index is 740. The molecular formula is C19H23BrN2O4. The molecule has 0 saturated carbocycles.